The van der Waals surface area contributed by atoms with E-state index in [-0.39, 0.29) is 6.61 Å². The van der Waals surface area contributed by atoms with Gasteiger partial charge in [-0.3, -0.25) is 0 Å². The summed E-state index contributed by atoms with van der Waals surface area (Å²) in [5.41, 5.74) is 1.28. The minimum Gasteiger partial charge on any atom is -0.487 e. The molecular formula is C27H25FOP+. The van der Waals surface area contributed by atoms with E-state index in [1.165, 1.54) is 16.2 Å². The molecule has 0 aliphatic rings. The van der Waals surface area contributed by atoms with Gasteiger partial charge in [-0.15, -0.1) is 0 Å². The Balaban J connectivity index is 2.01. The molecule has 0 aliphatic heterocycles. The molecule has 0 aromatic heterocycles. The SMILES string of the molecule is [18F]CCOc1ccccc1[P+](Cc1ccccc1)(c1ccccc1)c1ccccc1. The van der Waals surface area contributed by atoms with Crippen molar-refractivity contribution in [3.05, 3.63) is 121 Å². The van der Waals surface area contributed by atoms with Gasteiger partial charge in [0, 0.05) is 0 Å². The van der Waals surface area contributed by atoms with Gasteiger partial charge in [0.15, 0.2) is 5.75 Å². The Morgan fingerprint density at radius 3 is 1.67 bits per heavy atom. The Bertz CT molecular complexity index is 1010. The molecule has 0 atom stereocenters. The highest BCUT2D eigenvalue weighted by molar-refractivity contribution is 7.95. The van der Waals surface area contributed by atoms with Crippen LogP contribution >= 0.6 is 7.26 Å². The molecule has 150 valence electrons. The summed E-state index contributed by atoms with van der Waals surface area (Å²) in [6.45, 7) is -0.443. The number of hydrogen-bond acceptors (Lipinski definition) is 1. The van der Waals surface area contributed by atoms with Crippen LogP contribution in [0.25, 0.3) is 0 Å². The first-order valence-corrected chi connectivity index (χ1v) is 12.1. The second-order valence-corrected chi connectivity index (χ2v) is 10.6. The van der Waals surface area contributed by atoms with Crippen molar-refractivity contribution in [3.8, 4) is 5.75 Å². The second-order valence-electron chi connectivity index (χ2n) is 7.13. The lowest BCUT2D eigenvalue weighted by molar-refractivity contribution is 0.275. The number of halogens is 1. The van der Waals surface area contributed by atoms with E-state index in [2.05, 4.69) is 97.1 Å². The van der Waals surface area contributed by atoms with Crippen molar-refractivity contribution in [1.82, 2.24) is 0 Å². The largest absolute Gasteiger partial charge is 0.487 e. The fourth-order valence-corrected chi connectivity index (χ4v) is 8.33. The number of ether oxygens (including phenoxy) is 1. The van der Waals surface area contributed by atoms with Gasteiger partial charge in [0.1, 0.15) is 36.5 Å². The van der Waals surface area contributed by atoms with E-state index in [1.54, 1.807) is 0 Å². The minimum absolute atomic E-state index is 0.0614. The van der Waals surface area contributed by atoms with E-state index in [0.717, 1.165) is 17.2 Å². The Morgan fingerprint density at radius 1 is 0.600 bits per heavy atom. The third-order valence-corrected chi connectivity index (χ3v) is 9.66. The van der Waals surface area contributed by atoms with Crippen LogP contribution in [0.4, 0.5) is 4.39 Å². The summed E-state index contributed by atoms with van der Waals surface area (Å²) < 4.78 is 18.9. The summed E-state index contributed by atoms with van der Waals surface area (Å²) in [5, 5.41) is 3.73. The smallest absolute Gasteiger partial charge is 0.162 e. The fourth-order valence-electron chi connectivity index (χ4n) is 3.96. The molecule has 0 spiro atoms. The van der Waals surface area contributed by atoms with Gasteiger partial charge in [0.25, 0.3) is 0 Å². The average molecular weight is 414 g/mol. The van der Waals surface area contributed by atoms with Gasteiger partial charge in [-0.25, -0.2) is 4.39 Å². The second kappa shape index (κ2) is 9.69. The molecule has 0 radical (unpaired) electrons. The quantitative estimate of drug-likeness (QED) is 0.345. The molecule has 0 fully saturated rings. The van der Waals surface area contributed by atoms with Crippen molar-refractivity contribution >= 4 is 23.2 Å². The highest BCUT2D eigenvalue weighted by Gasteiger charge is 2.47. The summed E-state index contributed by atoms with van der Waals surface area (Å²) in [5.74, 6) is 0.770. The molecular weight excluding hydrogens is 389 g/mol. The molecule has 30 heavy (non-hydrogen) atoms. The maximum Gasteiger partial charge on any atom is 0.162 e. The number of benzene rings is 4. The highest BCUT2D eigenvalue weighted by Crippen LogP contribution is 2.59. The lowest BCUT2D eigenvalue weighted by atomic mass is 10.2. The summed E-state index contributed by atoms with van der Waals surface area (Å²) in [6.07, 6.45) is 0.873. The molecule has 0 heterocycles. The lowest BCUT2D eigenvalue weighted by Crippen LogP contribution is -2.33. The molecule has 0 amide bonds. The van der Waals surface area contributed by atoms with Crippen LogP contribution in [0, 0.1) is 0 Å². The minimum atomic E-state index is -2.10. The van der Waals surface area contributed by atoms with E-state index in [0.29, 0.717) is 0 Å². The van der Waals surface area contributed by atoms with Crippen LogP contribution in [0.15, 0.2) is 115 Å². The summed E-state index contributed by atoms with van der Waals surface area (Å²) in [4.78, 5) is 0. The van der Waals surface area contributed by atoms with E-state index < -0.39 is 13.9 Å². The monoisotopic (exact) mass is 414 g/mol. The Hall–Kier alpha value is -2.96. The van der Waals surface area contributed by atoms with E-state index in [1.807, 2.05) is 18.2 Å². The van der Waals surface area contributed by atoms with Crippen molar-refractivity contribution < 1.29 is 9.13 Å². The van der Waals surface area contributed by atoms with Crippen molar-refractivity contribution in [2.45, 2.75) is 6.16 Å². The average Bonchev–Trinajstić information content (AvgIpc) is 2.83. The van der Waals surface area contributed by atoms with Crippen LogP contribution in [-0.4, -0.2) is 13.3 Å². The lowest BCUT2D eigenvalue weighted by Gasteiger charge is -2.29. The highest BCUT2D eigenvalue weighted by atomic mass is 31.2. The van der Waals surface area contributed by atoms with Crippen molar-refractivity contribution in [3.63, 3.8) is 0 Å². The van der Waals surface area contributed by atoms with Crippen molar-refractivity contribution in [2.75, 3.05) is 13.3 Å². The Labute approximate surface area is 178 Å². The van der Waals surface area contributed by atoms with Gasteiger partial charge < -0.3 is 4.74 Å². The van der Waals surface area contributed by atoms with Crippen LogP contribution in [0.2, 0.25) is 0 Å². The predicted octanol–water partition coefficient (Wildman–Crippen LogP) is 5.53. The number of para-hydroxylation sites is 1. The number of alkyl halides is 1. The molecule has 0 bridgehead atoms. The molecule has 4 rings (SSSR count). The van der Waals surface area contributed by atoms with Crippen LogP contribution < -0.4 is 20.7 Å². The summed E-state index contributed by atoms with van der Waals surface area (Å²) >= 11 is 0. The molecule has 3 heteroatoms. The molecule has 0 aliphatic carbocycles. The zero-order chi connectivity index (χ0) is 20.7. The summed E-state index contributed by atoms with van der Waals surface area (Å²) in [6, 6.07) is 40.1. The van der Waals surface area contributed by atoms with Crippen LogP contribution in [0.3, 0.4) is 0 Å². The van der Waals surface area contributed by atoms with Crippen LogP contribution in [0.5, 0.6) is 5.75 Å². The first-order valence-electron chi connectivity index (χ1n) is 10.2. The van der Waals surface area contributed by atoms with E-state index >= 15 is 0 Å². The van der Waals surface area contributed by atoms with E-state index in [9.17, 15) is 4.39 Å². The first-order chi connectivity index (χ1) is 14.8. The maximum atomic E-state index is 13.0. The zero-order valence-electron chi connectivity index (χ0n) is 16.8. The third kappa shape index (κ3) is 4.15. The molecule has 0 unspecified atom stereocenters. The van der Waals surface area contributed by atoms with Gasteiger partial charge in [-0.05, 0) is 42.0 Å². The van der Waals surface area contributed by atoms with Gasteiger partial charge in [0.2, 0.25) is 0 Å². The molecule has 4 aromatic rings. The molecule has 0 saturated carbocycles. The standard InChI is InChI=1S/C27H25FOP/c28-20-21-29-26-18-10-11-19-27(26)30(24-14-6-2-7-15-24,25-16-8-3-9-17-25)22-23-12-4-1-5-13-23/h1-19H,20-22H2/q+1/i28-1. The maximum absolute atomic E-state index is 13.0. The Kier molecular flexibility index (Phi) is 6.57. The van der Waals surface area contributed by atoms with Gasteiger partial charge in [-0.2, -0.15) is 0 Å². The molecule has 4 aromatic carbocycles. The Morgan fingerprint density at radius 2 is 1.10 bits per heavy atom. The topological polar surface area (TPSA) is 9.23 Å². The molecule has 0 saturated heterocycles. The first kappa shape index (κ1) is 20.3. The fraction of sp³-hybridized carbons (Fsp3) is 0.111. The molecule has 0 N–H and O–H groups in total. The van der Waals surface area contributed by atoms with Gasteiger partial charge in [0.05, 0.1) is 6.16 Å². The predicted molar refractivity (Wildman–Crippen MR) is 127 cm³/mol. The number of hydrogen-bond donors (Lipinski definition) is 0. The number of rotatable bonds is 8. The van der Waals surface area contributed by atoms with Gasteiger partial charge >= 0.3 is 0 Å². The van der Waals surface area contributed by atoms with Crippen LogP contribution in [-0.2, 0) is 6.16 Å². The third-order valence-electron chi connectivity index (χ3n) is 5.27. The van der Waals surface area contributed by atoms with Gasteiger partial charge in [-0.1, -0.05) is 78.9 Å². The van der Waals surface area contributed by atoms with E-state index in [4.69, 9.17) is 4.74 Å². The van der Waals surface area contributed by atoms with Crippen LogP contribution in [0.1, 0.15) is 5.56 Å². The zero-order valence-corrected chi connectivity index (χ0v) is 17.7. The summed E-state index contributed by atoms with van der Waals surface area (Å²) in [7, 11) is -2.10. The normalized spacial score (nSPS) is 11.2. The molecule has 1 nitrogen and oxygen atoms in total. The van der Waals surface area contributed by atoms with Crippen molar-refractivity contribution in [2.24, 2.45) is 0 Å². The van der Waals surface area contributed by atoms with Crippen molar-refractivity contribution in [1.29, 1.82) is 0 Å².